The van der Waals surface area contributed by atoms with Crippen LogP contribution in [-0.2, 0) is 33.0 Å². The summed E-state index contributed by atoms with van der Waals surface area (Å²) in [5, 5.41) is 12.9. The SMILES string of the molecule is [C-]#[N+]c1ccc(NC(=O)C(C)(C)n2cc(C#CC3CN(c4ccc5c(c4)C(=O)N(C4CCC(=O)NC4=O)C5=O)C3)cn2)c2c1CNC2. The number of imide groups is 2. The predicted molar refractivity (Wildman–Crippen MR) is 169 cm³/mol. The van der Waals surface area contributed by atoms with Crippen LogP contribution in [0.15, 0.2) is 42.7 Å². The van der Waals surface area contributed by atoms with Crippen LogP contribution < -0.4 is 20.9 Å². The van der Waals surface area contributed by atoms with E-state index >= 15 is 0 Å². The molecule has 13 nitrogen and oxygen atoms in total. The van der Waals surface area contributed by atoms with Crippen LogP contribution in [0.4, 0.5) is 17.1 Å². The molecule has 1 unspecified atom stereocenters. The normalized spacial score (nSPS) is 19.0. The van der Waals surface area contributed by atoms with Crippen molar-refractivity contribution in [3.05, 3.63) is 82.0 Å². The third-order valence-electron chi connectivity index (χ3n) is 9.18. The van der Waals surface area contributed by atoms with Crippen molar-refractivity contribution in [3.8, 4) is 11.8 Å². The van der Waals surface area contributed by atoms with Gasteiger partial charge < -0.3 is 15.5 Å². The molecule has 0 aliphatic carbocycles. The Morgan fingerprint density at radius 3 is 2.60 bits per heavy atom. The zero-order valence-corrected chi connectivity index (χ0v) is 25.7. The maximum atomic E-state index is 13.4. The minimum Gasteiger partial charge on any atom is -0.369 e. The molecule has 5 amide bonds. The first-order valence-electron chi connectivity index (χ1n) is 15.3. The lowest BCUT2D eigenvalue weighted by Gasteiger charge is -2.38. The summed E-state index contributed by atoms with van der Waals surface area (Å²) >= 11 is 0. The fraction of sp³-hybridized carbons (Fsp3) is 0.324. The Labute approximate surface area is 270 Å². The van der Waals surface area contributed by atoms with Crippen molar-refractivity contribution in [1.29, 1.82) is 0 Å². The quantitative estimate of drug-likeness (QED) is 0.221. The Morgan fingerprint density at radius 1 is 1.06 bits per heavy atom. The smallest absolute Gasteiger partial charge is 0.262 e. The molecule has 1 atom stereocenters. The van der Waals surface area contributed by atoms with E-state index in [0.717, 1.165) is 21.7 Å². The number of carbonyl (C=O) groups excluding carboxylic acids is 5. The third kappa shape index (κ3) is 5.11. The number of hydrogen-bond donors (Lipinski definition) is 3. The number of piperidine rings is 1. The van der Waals surface area contributed by atoms with Crippen molar-refractivity contribution in [2.75, 3.05) is 23.3 Å². The van der Waals surface area contributed by atoms with E-state index in [0.29, 0.717) is 43.1 Å². The summed E-state index contributed by atoms with van der Waals surface area (Å²) in [5.41, 5.74) is 4.04. The van der Waals surface area contributed by atoms with E-state index in [9.17, 15) is 24.0 Å². The van der Waals surface area contributed by atoms with Crippen LogP contribution >= 0.6 is 0 Å². The molecule has 47 heavy (non-hydrogen) atoms. The lowest BCUT2D eigenvalue weighted by atomic mass is 9.98. The fourth-order valence-electron chi connectivity index (χ4n) is 6.31. The van der Waals surface area contributed by atoms with Gasteiger partial charge in [0.05, 0.1) is 35.4 Å². The summed E-state index contributed by atoms with van der Waals surface area (Å²) in [6.07, 6.45) is 3.55. The van der Waals surface area contributed by atoms with Gasteiger partial charge in [0.25, 0.3) is 17.7 Å². The van der Waals surface area contributed by atoms with Gasteiger partial charge in [-0.2, -0.15) is 5.10 Å². The highest BCUT2D eigenvalue weighted by Crippen LogP contribution is 2.34. The van der Waals surface area contributed by atoms with Crippen molar-refractivity contribution < 1.29 is 24.0 Å². The molecule has 13 heteroatoms. The van der Waals surface area contributed by atoms with Gasteiger partial charge in [-0.3, -0.25) is 38.9 Å². The molecule has 0 spiro atoms. The van der Waals surface area contributed by atoms with Crippen molar-refractivity contribution in [2.24, 2.45) is 5.92 Å². The van der Waals surface area contributed by atoms with Crippen LogP contribution in [0, 0.1) is 24.3 Å². The number of rotatable bonds is 5. The Balaban J connectivity index is 0.978. The first-order valence-corrected chi connectivity index (χ1v) is 15.3. The second-order valence-electron chi connectivity index (χ2n) is 12.5. The number of anilines is 2. The van der Waals surface area contributed by atoms with E-state index in [1.54, 1.807) is 61.3 Å². The zero-order valence-electron chi connectivity index (χ0n) is 25.7. The van der Waals surface area contributed by atoms with Crippen LogP contribution in [0.5, 0.6) is 0 Å². The summed E-state index contributed by atoms with van der Waals surface area (Å²) in [6, 6.07) is 7.56. The molecule has 2 fully saturated rings. The largest absolute Gasteiger partial charge is 0.369 e. The molecule has 2 aromatic carbocycles. The summed E-state index contributed by atoms with van der Waals surface area (Å²) in [4.78, 5) is 70.0. The topological polar surface area (TPSA) is 150 Å². The number of nitrogens with one attached hydrogen (secondary N) is 3. The third-order valence-corrected chi connectivity index (χ3v) is 9.18. The van der Waals surface area contributed by atoms with Gasteiger partial charge in [-0.1, -0.05) is 17.9 Å². The standard InChI is InChI=1S/C34H30N8O5/c1-34(2,33(47)38-27-9-8-26(35-3)24-14-36-15-25(24)27)41-18-19(13-37-41)4-5-20-16-40(17-20)21-6-7-22-23(12-21)32(46)42(31(22)45)28-10-11-29(43)39-30(28)44/h6-9,12-13,18,20,28,36H,10-11,14-17H2,1-2H3,(H,38,47)(H,39,43,44). The zero-order chi connectivity index (χ0) is 33.0. The van der Waals surface area contributed by atoms with Gasteiger partial charge in [-0.05, 0) is 55.7 Å². The Hall–Kier alpha value is -5.79. The molecule has 4 aliphatic rings. The Bertz CT molecular complexity index is 2010. The van der Waals surface area contributed by atoms with Gasteiger partial charge in [0.2, 0.25) is 11.8 Å². The highest BCUT2D eigenvalue weighted by Gasteiger charge is 2.45. The number of hydrogen-bond acceptors (Lipinski definition) is 8. The number of amides is 5. The fourth-order valence-corrected chi connectivity index (χ4v) is 6.31. The maximum Gasteiger partial charge on any atom is 0.262 e. The van der Waals surface area contributed by atoms with E-state index in [1.165, 1.54) is 0 Å². The van der Waals surface area contributed by atoms with E-state index in [4.69, 9.17) is 6.57 Å². The lowest BCUT2D eigenvalue weighted by molar-refractivity contribution is -0.136. The molecular weight excluding hydrogens is 600 g/mol. The van der Waals surface area contributed by atoms with Gasteiger partial charge >= 0.3 is 0 Å². The maximum absolute atomic E-state index is 13.4. The van der Waals surface area contributed by atoms with Crippen LogP contribution in [0.3, 0.4) is 0 Å². The van der Waals surface area contributed by atoms with Crippen molar-refractivity contribution >= 4 is 46.6 Å². The van der Waals surface area contributed by atoms with Crippen LogP contribution in [0.2, 0.25) is 0 Å². The molecule has 0 radical (unpaired) electrons. The van der Waals surface area contributed by atoms with E-state index in [-0.39, 0.29) is 35.8 Å². The monoisotopic (exact) mass is 630 g/mol. The highest BCUT2D eigenvalue weighted by molar-refractivity contribution is 6.23. The number of aromatic nitrogens is 2. The molecule has 7 rings (SSSR count). The Kier molecular flexibility index (Phi) is 7.14. The second-order valence-corrected chi connectivity index (χ2v) is 12.5. The van der Waals surface area contributed by atoms with Crippen LogP contribution in [0.25, 0.3) is 4.85 Å². The minimum atomic E-state index is -1.01. The van der Waals surface area contributed by atoms with Gasteiger partial charge in [0.15, 0.2) is 5.69 Å². The first kappa shape index (κ1) is 29.9. The number of benzene rings is 2. The molecule has 236 valence electrons. The summed E-state index contributed by atoms with van der Waals surface area (Å²) in [6.45, 7) is 13.4. The van der Waals surface area contributed by atoms with Gasteiger partial charge in [0.1, 0.15) is 11.6 Å². The van der Waals surface area contributed by atoms with Crippen LogP contribution in [0.1, 0.15) is 64.1 Å². The number of nitrogens with zero attached hydrogens (tertiary/aromatic N) is 5. The molecule has 3 N–H and O–H groups in total. The molecule has 1 aromatic heterocycles. The second kappa shape index (κ2) is 11.2. The van der Waals surface area contributed by atoms with Crippen molar-refractivity contribution in [3.63, 3.8) is 0 Å². The van der Waals surface area contributed by atoms with Gasteiger partial charge in [-0.25, -0.2) is 4.85 Å². The van der Waals surface area contributed by atoms with Crippen molar-refractivity contribution in [1.82, 2.24) is 25.3 Å². The van der Waals surface area contributed by atoms with Gasteiger partial charge in [0, 0.05) is 50.2 Å². The number of carbonyl (C=O) groups is 5. The van der Waals surface area contributed by atoms with E-state index in [2.05, 4.69) is 42.6 Å². The molecule has 0 saturated carbocycles. The minimum absolute atomic E-state index is 0.0642. The lowest BCUT2D eigenvalue weighted by Crippen LogP contribution is -2.54. The average Bonchev–Trinajstić information content (AvgIpc) is 3.77. The predicted octanol–water partition coefficient (Wildman–Crippen LogP) is 2.30. The molecule has 3 aromatic rings. The molecule has 0 bridgehead atoms. The summed E-state index contributed by atoms with van der Waals surface area (Å²) < 4.78 is 1.59. The summed E-state index contributed by atoms with van der Waals surface area (Å²) in [7, 11) is 0. The highest BCUT2D eigenvalue weighted by atomic mass is 16.2. The van der Waals surface area contributed by atoms with Crippen molar-refractivity contribution in [2.45, 2.75) is 51.4 Å². The number of fused-ring (bicyclic) bond motifs is 2. The average molecular weight is 631 g/mol. The molecule has 5 heterocycles. The molecular formula is C34H30N8O5. The molecule has 4 aliphatic heterocycles. The summed E-state index contributed by atoms with van der Waals surface area (Å²) in [5.74, 6) is 4.12. The first-order chi connectivity index (χ1) is 22.5. The molecule has 2 saturated heterocycles. The van der Waals surface area contributed by atoms with Crippen LogP contribution in [-0.4, -0.2) is 63.3 Å². The van der Waals surface area contributed by atoms with E-state index < -0.39 is 35.2 Å². The Morgan fingerprint density at radius 2 is 1.83 bits per heavy atom. The van der Waals surface area contributed by atoms with Gasteiger partial charge in [-0.15, -0.1) is 0 Å². The van der Waals surface area contributed by atoms with E-state index in [1.807, 2.05) is 0 Å².